The topological polar surface area (TPSA) is 3.24 Å². The van der Waals surface area contributed by atoms with E-state index in [0.717, 1.165) is 37.4 Å². The zero-order valence-corrected chi connectivity index (χ0v) is 14.2. The summed E-state index contributed by atoms with van der Waals surface area (Å²) in [7, 11) is 0. The van der Waals surface area contributed by atoms with Crippen LogP contribution in [0.1, 0.15) is 64.2 Å². The molecule has 0 N–H and O–H groups in total. The maximum atomic E-state index is 12.2. The van der Waals surface area contributed by atoms with Crippen LogP contribution in [-0.4, -0.2) is 29.4 Å². The van der Waals surface area contributed by atoms with Gasteiger partial charge >= 0.3 is 12.6 Å². The normalized spacial score (nSPS) is 13.1. The first-order valence-corrected chi connectivity index (χ1v) is 8.79. The van der Waals surface area contributed by atoms with Crippen molar-refractivity contribution in [2.45, 2.75) is 76.8 Å². The quantitative estimate of drug-likeness (QED) is 0.154. The lowest BCUT2D eigenvalue weighted by Crippen LogP contribution is -2.48. The molecule has 0 radical (unpaired) electrons. The number of alkyl halides is 7. The molecular weight excluding hydrogens is 376 g/mol. The molecule has 0 spiro atoms. The van der Waals surface area contributed by atoms with E-state index in [4.69, 9.17) is 0 Å². The second-order valence-electron chi connectivity index (χ2n) is 5.31. The number of halogens is 7. The molecule has 8 heteroatoms. The lowest BCUT2D eigenvalue weighted by molar-refractivity contribution is -0.372. The van der Waals surface area contributed by atoms with Crippen LogP contribution >= 0.6 is 15.9 Å². The van der Waals surface area contributed by atoms with Crippen molar-refractivity contribution in [3.63, 3.8) is 0 Å². The Balaban J connectivity index is 3.59. The van der Waals surface area contributed by atoms with Gasteiger partial charge < -0.3 is 0 Å². The first-order valence-electron chi connectivity index (χ1n) is 7.66. The molecule has 0 aliphatic heterocycles. The molecule has 0 rings (SSSR count). The van der Waals surface area contributed by atoms with Gasteiger partial charge in [-0.2, -0.15) is 26.3 Å². The Hall–Kier alpha value is 0.0200. The van der Waals surface area contributed by atoms with Crippen LogP contribution in [0, 0.1) is 0 Å². The SMILES string of the molecule is FC(F)(F)N(CCCCCCCCCCCCBr)C(F)(F)F. The summed E-state index contributed by atoms with van der Waals surface area (Å²) in [6, 6.07) is 0. The maximum Gasteiger partial charge on any atom is 0.467 e. The predicted molar refractivity (Wildman–Crippen MR) is 78.8 cm³/mol. The van der Waals surface area contributed by atoms with Crippen LogP contribution in [0.2, 0.25) is 0 Å². The standard InChI is InChI=1S/C14H24BrF6N/c15-11-9-7-5-3-1-2-4-6-8-10-12-22(13(16,17)18)14(19,20)21/h1-12H2. The van der Waals surface area contributed by atoms with E-state index in [1.807, 2.05) is 0 Å². The maximum absolute atomic E-state index is 12.2. The van der Waals surface area contributed by atoms with Crippen molar-refractivity contribution in [3.8, 4) is 0 Å². The molecule has 0 amide bonds. The average molecular weight is 400 g/mol. The third kappa shape index (κ3) is 11.6. The highest BCUT2D eigenvalue weighted by molar-refractivity contribution is 9.09. The van der Waals surface area contributed by atoms with Crippen LogP contribution in [0.15, 0.2) is 0 Å². The molecule has 0 aromatic rings. The monoisotopic (exact) mass is 399 g/mol. The molecule has 134 valence electrons. The first-order chi connectivity index (χ1) is 10.2. The van der Waals surface area contributed by atoms with Crippen molar-refractivity contribution < 1.29 is 26.3 Å². The zero-order valence-electron chi connectivity index (χ0n) is 12.6. The fourth-order valence-electron chi connectivity index (χ4n) is 2.18. The van der Waals surface area contributed by atoms with Crippen LogP contribution in [-0.2, 0) is 0 Å². The van der Waals surface area contributed by atoms with Gasteiger partial charge in [-0.3, -0.25) is 0 Å². The number of unbranched alkanes of at least 4 members (excludes halogenated alkanes) is 9. The van der Waals surface area contributed by atoms with Gasteiger partial charge in [-0.05, 0) is 12.8 Å². The van der Waals surface area contributed by atoms with Crippen molar-refractivity contribution in [2.75, 3.05) is 11.9 Å². The Morgan fingerprint density at radius 2 is 0.864 bits per heavy atom. The second kappa shape index (κ2) is 11.5. The fourth-order valence-corrected chi connectivity index (χ4v) is 2.57. The van der Waals surface area contributed by atoms with Gasteiger partial charge in [0.05, 0.1) is 0 Å². The van der Waals surface area contributed by atoms with E-state index >= 15 is 0 Å². The minimum absolute atomic E-state index is 0.0930. The van der Waals surface area contributed by atoms with Crippen LogP contribution < -0.4 is 0 Å². The molecule has 0 aliphatic rings. The van der Waals surface area contributed by atoms with Crippen molar-refractivity contribution in [2.24, 2.45) is 0 Å². The Labute approximate surface area is 136 Å². The summed E-state index contributed by atoms with van der Waals surface area (Å²) < 4.78 is 73.3. The minimum Gasteiger partial charge on any atom is -0.155 e. The minimum atomic E-state index is -5.35. The molecule has 22 heavy (non-hydrogen) atoms. The highest BCUT2D eigenvalue weighted by atomic mass is 79.9. The number of hydrogen-bond acceptors (Lipinski definition) is 1. The van der Waals surface area contributed by atoms with E-state index in [1.165, 1.54) is 12.8 Å². The lowest BCUT2D eigenvalue weighted by Gasteiger charge is -2.26. The third-order valence-corrected chi connectivity index (χ3v) is 3.94. The number of rotatable bonds is 12. The molecule has 0 aliphatic carbocycles. The fraction of sp³-hybridized carbons (Fsp3) is 1.00. The van der Waals surface area contributed by atoms with Crippen molar-refractivity contribution in [1.82, 2.24) is 4.90 Å². The molecular formula is C14H24BrF6N. The van der Waals surface area contributed by atoms with E-state index in [9.17, 15) is 26.3 Å². The van der Waals surface area contributed by atoms with E-state index in [0.29, 0.717) is 12.8 Å². The van der Waals surface area contributed by atoms with Crippen molar-refractivity contribution in [3.05, 3.63) is 0 Å². The summed E-state index contributed by atoms with van der Waals surface area (Å²) in [4.78, 5) is -1.34. The number of nitrogens with zero attached hydrogens (tertiary/aromatic N) is 1. The van der Waals surface area contributed by atoms with E-state index in [2.05, 4.69) is 15.9 Å². The van der Waals surface area contributed by atoms with Gasteiger partial charge in [0.2, 0.25) is 0 Å². The van der Waals surface area contributed by atoms with E-state index in [-0.39, 0.29) is 6.42 Å². The van der Waals surface area contributed by atoms with E-state index < -0.39 is 24.0 Å². The molecule has 0 unspecified atom stereocenters. The third-order valence-electron chi connectivity index (χ3n) is 3.38. The van der Waals surface area contributed by atoms with Crippen LogP contribution in [0.3, 0.4) is 0 Å². The summed E-state index contributed by atoms with van der Waals surface area (Å²) in [6.07, 6.45) is -2.10. The number of hydrogen-bond donors (Lipinski definition) is 0. The Kier molecular flexibility index (Phi) is 11.6. The summed E-state index contributed by atoms with van der Waals surface area (Å²) in [5.74, 6) is 0. The Morgan fingerprint density at radius 1 is 0.545 bits per heavy atom. The first kappa shape index (κ1) is 22.0. The molecule has 0 fully saturated rings. The summed E-state index contributed by atoms with van der Waals surface area (Å²) in [6.45, 7) is -1.01. The van der Waals surface area contributed by atoms with Gasteiger partial charge in [-0.25, -0.2) is 0 Å². The van der Waals surface area contributed by atoms with Gasteiger partial charge in [0.1, 0.15) is 0 Å². The highest BCUT2D eigenvalue weighted by Gasteiger charge is 2.53. The average Bonchev–Trinajstić information content (AvgIpc) is 2.37. The largest absolute Gasteiger partial charge is 0.467 e. The van der Waals surface area contributed by atoms with E-state index in [1.54, 1.807) is 0 Å². The Morgan fingerprint density at radius 3 is 1.18 bits per heavy atom. The van der Waals surface area contributed by atoms with Gasteiger partial charge in [0.15, 0.2) is 0 Å². The van der Waals surface area contributed by atoms with Gasteiger partial charge in [0.25, 0.3) is 0 Å². The highest BCUT2D eigenvalue weighted by Crippen LogP contribution is 2.33. The predicted octanol–water partition coefficient (Wildman–Crippen LogP) is 6.62. The molecule has 0 bridgehead atoms. The zero-order chi connectivity index (χ0) is 17.1. The molecule has 0 aromatic carbocycles. The van der Waals surface area contributed by atoms with Gasteiger partial charge in [-0.15, -0.1) is 4.90 Å². The van der Waals surface area contributed by atoms with Crippen LogP contribution in [0.5, 0.6) is 0 Å². The van der Waals surface area contributed by atoms with Crippen LogP contribution in [0.25, 0.3) is 0 Å². The molecule has 0 aromatic heterocycles. The Bertz CT molecular complexity index is 253. The molecule has 0 saturated heterocycles. The van der Waals surface area contributed by atoms with Gasteiger partial charge in [-0.1, -0.05) is 67.3 Å². The summed E-state index contributed by atoms with van der Waals surface area (Å²) in [5.41, 5.74) is 0. The summed E-state index contributed by atoms with van der Waals surface area (Å²) >= 11 is 3.36. The van der Waals surface area contributed by atoms with Gasteiger partial charge in [0, 0.05) is 11.9 Å². The second-order valence-corrected chi connectivity index (χ2v) is 6.10. The molecule has 0 heterocycles. The lowest BCUT2D eigenvalue weighted by atomic mass is 10.1. The molecule has 1 nitrogen and oxygen atoms in total. The molecule has 0 saturated carbocycles. The van der Waals surface area contributed by atoms with Crippen molar-refractivity contribution in [1.29, 1.82) is 0 Å². The summed E-state index contributed by atoms with van der Waals surface area (Å²) in [5, 5.41) is 1.01. The smallest absolute Gasteiger partial charge is 0.155 e. The van der Waals surface area contributed by atoms with Crippen LogP contribution in [0.4, 0.5) is 26.3 Å². The van der Waals surface area contributed by atoms with Crippen molar-refractivity contribution >= 4 is 15.9 Å². The molecule has 0 atom stereocenters.